The molecule has 1 N–H and O–H groups in total. The van der Waals surface area contributed by atoms with E-state index >= 15 is 0 Å². The third-order valence-corrected chi connectivity index (χ3v) is 5.91. The number of benzene rings is 1. The lowest BCUT2D eigenvalue weighted by atomic mass is 10.1. The zero-order chi connectivity index (χ0) is 16.3. The highest BCUT2D eigenvalue weighted by Gasteiger charge is 2.26. The summed E-state index contributed by atoms with van der Waals surface area (Å²) in [5, 5.41) is 0. The second kappa shape index (κ2) is 7.07. The number of sulfonamides is 1. The summed E-state index contributed by atoms with van der Waals surface area (Å²) in [5.74, 6) is 1.08. The fourth-order valence-corrected chi connectivity index (χ4v) is 4.31. The first-order chi connectivity index (χ1) is 11.1. The Morgan fingerprint density at radius 3 is 2.70 bits per heavy atom. The molecule has 0 spiro atoms. The first-order valence-corrected chi connectivity index (χ1v) is 9.71. The van der Waals surface area contributed by atoms with Crippen LogP contribution in [0.15, 0.2) is 23.1 Å². The number of fused-ring (bicyclic) bond motifs is 1. The van der Waals surface area contributed by atoms with Crippen LogP contribution in [-0.4, -0.2) is 45.8 Å². The van der Waals surface area contributed by atoms with E-state index in [0.29, 0.717) is 11.5 Å². The van der Waals surface area contributed by atoms with Gasteiger partial charge in [0, 0.05) is 12.1 Å². The predicted octanol–water partition coefficient (Wildman–Crippen LogP) is 1.96. The normalized spacial score (nSPS) is 19.2. The largest absolute Gasteiger partial charge is 0.454 e. The fraction of sp³-hybridized carbons (Fsp3) is 0.625. The summed E-state index contributed by atoms with van der Waals surface area (Å²) in [6, 6.07) is 4.74. The Balaban J connectivity index is 1.59. The molecule has 0 aromatic heterocycles. The number of piperidine rings is 1. The summed E-state index contributed by atoms with van der Waals surface area (Å²) in [5.41, 5.74) is 0. The van der Waals surface area contributed by atoms with Crippen molar-refractivity contribution in [3.8, 4) is 11.5 Å². The van der Waals surface area contributed by atoms with Crippen molar-refractivity contribution in [1.29, 1.82) is 0 Å². The molecule has 0 aliphatic carbocycles. The van der Waals surface area contributed by atoms with Crippen molar-refractivity contribution < 1.29 is 17.9 Å². The summed E-state index contributed by atoms with van der Waals surface area (Å²) >= 11 is 0. The van der Waals surface area contributed by atoms with Crippen LogP contribution in [0.5, 0.6) is 11.5 Å². The lowest BCUT2D eigenvalue weighted by molar-refractivity contribution is 0.174. The molecule has 3 rings (SSSR count). The van der Waals surface area contributed by atoms with E-state index in [2.05, 4.69) is 16.5 Å². The SMILES string of the molecule is CCCCN1CCC(NS(=O)(=O)c2ccc3c(c2)OCO3)CC1. The standard InChI is InChI=1S/C16H24N2O4S/c1-2-3-8-18-9-6-13(7-10-18)17-23(19,20)14-4-5-15-16(11-14)22-12-21-15/h4-5,11,13,17H,2-3,6-10,12H2,1H3. The van der Waals surface area contributed by atoms with Crippen molar-refractivity contribution in [2.45, 2.75) is 43.5 Å². The molecule has 128 valence electrons. The van der Waals surface area contributed by atoms with E-state index in [9.17, 15) is 8.42 Å². The third-order valence-electron chi connectivity index (χ3n) is 4.39. The number of likely N-dealkylation sites (tertiary alicyclic amines) is 1. The van der Waals surface area contributed by atoms with E-state index in [1.165, 1.54) is 18.9 Å². The maximum absolute atomic E-state index is 12.5. The van der Waals surface area contributed by atoms with E-state index in [1.807, 2.05) is 0 Å². The highest BCUT2D eigenvalue weighted by molar-refractivity contribution is 7.89. The average Bonchev–Trinajstić information content (AvgIpc) is 3.01. The van der Waals surface area contributed by atoms with Gasteiger partial charge in [-0.2, -0.15) is 0 Å². The number of nitrogens with zero attached hydrogens (tertiary/aromatic N) is 1. The molecule has 0 unspecified atom stereocenters. The Morgan fingerprint density at radius 2 is 1.96 bits per heavy atom. The summed E-state index contributed by atoms with van der Waals surface area (Å²) < 4.78 is 38.4. The molecule has 23 heavy (non-hydrogen) atoms. The molecule has 1 aromatic rings. The maximum atomic E-state index is 12.5. The van der Waals surface area contributed by atoms with Gasteiger partial charge in [-0.3, -0.25) is 0 Å². The van der Waals surface area contributed by atoms with Gasteiger partial charge in [-0.05, 0) is 51.0 Å². The molecule has 1 aromatic carbocycles. The van der Waals surface area contributed by atoms with E-state index in [-0.39, 0.29) is 17.7 Å². The van der Waals surface area contributed by atoms with Crippen molar-refractivity contribution >= 4 is 10.0 Å². The van der Waals surface area contributed by atoms with E-state index in [0.717, 1.165) is 32.5 Å². The van der Waals surface area contributed by atoms with Gasteiger partial charge in [0.1, 0.15) is 0 Å². The number of ether oxygens (including phenoxy) is 2. The molecule has 0 saturated carbocycles. The molecule has 0 amide bonds. The van der Waals surface area contributed by atoms with Crippen LogP contribution >= 0.6 is 0 Å². The first kappa shape index (κ1) is 16.5. The van der Waals surface area contributed by atoms with Crippen molar-refractivity contribution in [2.24, 2.45) is 0 Å². The van der Waals surface area contributed by atoms with Crippen molar-refractivity contribution in [3.63, 3.8) is 0 Å². The van der Waals surface area contributed by atoms with Crippen molar-refractivity contribution in [1.82, 2.24) is 9.62 Å². The van der Waals surface area contributed by atoms with E-state index in [4.69, 9.17) is 9.47 Å². The Hall–Kier alpha value is -1.31. The minimum absolute atomic E-state index is 0.00306. The van der Waals surface area contributed by atoms with Crippen LogP contribution in [0.1, 0.15) is 32.6 Å². The van der Waals surface area contributed by atoms with Gasteiger partial charge in [-0.1, -0.05) is 13.3 Å². The second-order valence-electron chi connectivity index (χ2n) is 6.11. The van der Waals surface area contributed by atoms with Gasteiger partial charge in [0.15, 0.2) is 11.5 Å². The number of hydrogen-bond donors (Lipinski definition) is 1. The topological polar surface area (TPSA) is 67.9 Å². The summed E-state index contributed by atoms with van der Waals surface area (Å²) in [6.45, 7) is 5.34. The molecule has 6 nitrogen and oxygen atoms in total. The Kier molecular flexibility index (Phi) is 5.08. The highest BCUT2D eigenvalue weighted by atomic mass is 32.2. The molecule has 0 atom stereocenters. The van der Waals surface area contributed by atoms with Gasteiger partial charge >= 0.3 is 0 Å². The summed E-state index contributed by atoms with van der Waals surface area (Å²) in [4.78, 5) is 2.64. The second-order valence-corrected chi connectivity index (χ2v) is 7.82. The molecular formula is C16H24N2O4S. The van der Waals surface area contributed by atoms with Gasteiger partial charge in [0.2, 0.25) is 16.8 Å². The number of hydrogen-bond acceptors (Lipinski definition) is 5. The molecule has 2 heterocycles. The van der Waals surface area contributed by atoms with Gasteiger partial charge in [-0.15, -0.1) is 0 Å². The quantitative estimate of drug-likeness (QED) is 0.857. The number of unbranched alkanes of at least 4 members (excludes halogenated alkanes) is 1. The smallest absolute Gasteiger partial charge is 0.240 e. The minimum Gasteiger partial charge on any atom is -0.454 e. The molecule has 0 bridgehead atoms. The Bertz CT molecular complexity index is 639. The maximum Gasteiger partial charge on any atom is 0.240 e. The van der Waals surface area contributed by atoms with Crippen LogP contribution in [0.4, 0.5) is 0 Å². The van der Waals surface area contributed by atoms with Gasteiger partial charge in [-0.25, -0.2) is 13.1 Å². The van der Waals surface area contributed by atoms with Crippen LogP contribution in [0.25, 0.3) is 0 Å². The Morgan fingerprint density at radius 1 is 1.22 bits per heavy atom. The summed E-state index contributed by atoms with van der Waals surface area (Å²) in [6.07, 6.45) is 4.10. The van der Waals surface area contributed by atoms with Crippen LogP contribution in [-0.2, 0) is 10.0 Å². The first-order valence-electron chi connectivity index (χ1n) is 8.23. The zero-order valence-electron chi connectivity index (χ0n) is 13.5. The number of nitrogens with one attached hydrogen (secondary N) is 1. The highest BCUT2D eigenvalue weighted by Crippen LogP contribution is 2.33. The van der Waals surface area contributed by atoms with Crippen molar-refractivity contribution in [3.05, 3.63) is 18.2 Å². The molecular weight excluding hydrogens is 316 g/mol. The molecule has 1 fully saturated rings. The minimum atomic E-state index is -3.52. The van der Waals surface area contributed by atoms with E-state index < -0.39 is 10.0 Å². The molecule has 1 saturated heterocycles. The van der Waals surface area contributed by atoms with Crippen LogP contribution in [0.2, 0.25) is 0 Å². The lowest BCUT2D eigenvalue weighted by Gasteiger charge is -2.32. The number of rotatable bonds is 6. The fourth-order valence-electron chi connectivity index (χ4n) is 2.99. The summed E-state index contributed by atoms with van der Waals surface area (Å²) in [7, 11) is -3.52. The lowest BCUT2D eigenvalue weighted by Crippen LogP contribution is -2.44. The van der Waals surface area contributed by atoms with E-state index in [1.54, 1.807) is 12.1 Å². The van der Waals surface area contributed by atoms with Crippen LogP contribution in [0, 0.1) is 0 Å². The van der Waals surface area contributed by atoms with Gasteiger partial charge in [0.05, 0.1) is 4.90 Å². The monoisotopic (exact) mass is 340 g/mol. The zero-order valence-corrected chi connectivity index (χ0v) is 14.3. The van der Waals surface area contributed by atoms with Crippen LogP contribution in [0.3, 0.4) is 0 Å². The molecule has 2 aliphatic heterocycles. The molecule has 7 heteroatoms. The average molecular weight is 340 g/mol. The third kappa shape index (κ3) is 3.97. The van der Waals surface area contributed by atoms with Gasteiger partial charge in [0.25, 0.3) is 0 Å². The van der Waals surface area contributed by atoms with Gasteiger partial charge < -0.3 is 14.4 Å². The molecule has 0 radical (unpaired) electrons. The molecule has 2 aliphatic rings. The van der Waals surface area contributed by atoms with Crippen molar-refractivity contribution in [2.75, 3.05) is 26.4 Å². The Labute approximate surface area is 137 Å². The predicted molar refractivity (Wildman–Crippen MR) is 87.3 cm³/mol. The van der Waals surface area contributed by atoms with Crippen LogP contribution < -0.4 is 14.2 Å².